The summed E-state index contributed by atoms with van der Waals surface area (Å²) in [6, 6.07) is 4.68. The number of piperidine rings is 1. The summed E-state index contributed by atoms with van der Waals surface area (Å²) in [6.07, 6.45) is 2.79. The van der Waals surface area contributed by atoms with Crippen molar-refractivity contribution in [3.63, 3.8) is 0 Å². The molecular weight excluding hydrogens is 358 g/mol. The highest BCUT2D eigenvalue weighted by Gasteiger charge is 2.19. The summed E-state index contributed by atoms with van der Waals surface area (Å²) in [4.78, 5) is 6.08. The Bertz CT molecular complexity index is 562. The van der Waals surface area contributed by atoms with Crippen LogP contribution in [0.15, 0.2) is 27.8 Å². The number of β-amino-alcohol motifs (C(OH)–C–C–N with tert-alkyl or cyclic N) is 1. The molecule has 21 heavy (non-hydrogen) atoms. The minimum absolute atomic E-state index is 0.00692. The predicted octanol–water partition coefficient (Wildman–Crippen LogP) is 0.969. The van der Waals surface area contributed by atoms with Gasteiger partial charge in [-0.2, -0.15) is 0 Å². The van der Waals surface area contributed by atoms with Gasteiger partial charge in [-0.15, -0.1) is 0 Å². The van der Waals surface area contributed by atoms with Crippen molar-refractivity contribution < 1.29 is 13.5 Å². The molecule has 8 heteroatoms. The van der Waals surface area contributed by atoms with Gasteiger partial charge in [0.2, 0.25) is 0 Å². The lowest BCUT2D eigenvalue weighted by Gasteiger charge is -2.28. The summed E-state index contributed by atoms with van der Waals surface area (Å²) >= 11 is 3.14. The maximum atomic E-state index is 12.1. The van der Waals surface area contributed by atoms with Crippen LogP contribution in [0.3, 0.4) is 0 Å². The minimum atomic E-state index is -3.69. The molecule has 1 aliphatic rings. The normalized spacial score (nSPS) is 18.6. The fourth-order valence-electron chi connectivity index (χ4n) is 2.32. The summed E-state index contributed by atoms with van der Waals surface area (Å²) in [5.41, 5.74) is 0. The average Bonchev–Trinajstić information content (AvgIpc) is 2.46. The van der Waals surface area contributed by atoms with E-state index in [4.69, 9.17) is 0 Å². The SMILES string of the molecule is O=S(=O)(NC[C@H](O)CN1CCCCC1)c1cccc(Br)n1. The molecule has 1 saturated heterocycles. The van der Waals surface area contributed by atoms with E-state index >= 15 is 0 Å². The fourth-order valence-corrected chi connectivity index (χ4v) is 3.82. The number of likely N-dealkylation sites (tertiary alicyclic amines) is 1. The van der Waals surface area contributed by atoms with E-state index in [1.165, 1.54) is 12.5 Å². The highest BCUT2D eigenvalue weighted by atomic mass is 79.9. The molecule has 6 nitrogen and oxygen atoms in total. The molecule has 0 unspecified atom stereocenters. The van der Waals surface area contributed by atoms with Crippen LogP contribution in [0.5, 0.6) is 0 Å². The van der Waals surface area contributed by atoms with Crippen molar-refractivity contribution in [3.8, 4) is 0 Å². The number of halogens is 1. The number of sulfonamides is 1. The van der Waals surface area contributed by atoms with Crippen LogP contribution < -0.4 is 4.72 Å². The monoisotopic (exact) mass is 377 g/mol. The molecule has 0 aliphatic carbocycles. The van der Waals surface area contributed by atoms with E-state index in [0.717, 1.165) is 25.9 Å². The predicted molar refractivity (Wildman–Crippen MR) is 83.4 cm³/mol. The molecule has 1 atom stereocenters. The molecular formula is C13H20BrN3O3S. The smallest absolute Gasteiger partial charge is 0.258 e. The molecule has 118 valence electrons. The number of aliphatic hydroxyl groups is 1. The Labute approximate surface area is 133 Å². The van der Waals surface area contributed by atoms with Crippen LogP contribution in [0.2, 0.25) is 0 Å². The van der Waals surface area contributed by atoms with E-state index in [2.05, 4.69) is 30.5 Å². The number of aromatic nitrogens is 1. The zero-order valence-corrected chi connectivity index (χ0v) is 14.1. The van der Waals surface area contributed by atoms with E-state index in [-0.39, 0.29) is 11.6 Å². The van der Waals surface area contributed by atoms with Crippen molar-refractivity contribution in [3.05, 3.63) is 22.8 Å². The van der Waals surface area contributed by atoms with Gasteiger partial charge in [0.15, 0.2) is 5.03 Å². The molecule has 1 aliphatic heterocycles. The third-order valence-electron chi connectivity index (χ3n) is 3.39. The van der Waals surface area contributed by atoms with Gasteiger partial charge in [0.05, 0.1) is 6.10 Å². The summed E-state index contributed by atoms with van der Waals surface area (Å²) in [5, 5.41) is 9.91. The largest absolute Gasteiger partial charge is 0.390 e. The van der Waals surface area contributed by atoms with Crippen LogP contribution >= 0.6 is 15.9 Å². The van der Waals surface area contributed by atoms with Gasteiger partial charge in [0.1, 0.15) is 4.60 Å². The molecule has 0 radical (unpaired) electrons. The summed E-state index contributed by atoms with van der Waals surface area (Å²) < 4.78 is 27.0. The fraction of sp³-hybridized carbons (Fsp3) is 0.615. The maximum Gasteiger partial charge on any atom is 0.258 e. The first kappa shape index (κ1) is 16.8. The molecule has 2 rings (SSSR count). The van der Waals surface area contributed by atoms with Crippen LogP contribution in [-0.2, 0) is 10.0 Å². The summed E-state index contributed by atoms with van der Waals surface area (Å²) in [7, 11) is -3.69. The number of hydrogen-bond donors (Lipinski definition) is 2. The van der Waals surface area contributed by atoms with Crippen LogP contribution in [-0.4, -0.2) is 55.7 Å². The minimum Gasteiger partial charge on any atom is -0.390 e. The van der Waals surface area contributed by atoms with Crippen molar-refractivity contribution in [2.75, 3.05) is 26.2 Å². The number of aliphatic hydroxyl groups excluding tert-OH is 1. The highest BCUT2D eigenvalue weighted by Crippen LogP contribution is 2.11. The lowest BCUT2D eigenvalue weighted by Crippen LogP contribution is -2.42. The van der Waals surface area contributed by atoms with Crippen molar-refractivity contribution in [2.24, 2.45) is 0 Å². The zero-order valence-electron chi connectivity index (χ0n) is 11.7. The number of hydrogen-bond acceptors (Lipinski definition) is 5. The van der Waals surface area contributed by atoms with Gasteiger partial charge >= 0.3 is 0 Å². The molecule has 2 heterocycles. The van der Waals surface area contributed by atoms with Crippen molar-refractivity contribution in [1.82, 2.24) is 14.6 Å². The van der Waals surface area contributed by atoms with Gasteiger partial charge in [-0.3, -0.25) is 0 Å². The Morgan fingerprint density at radius 1 is 1.33 bits per heavy atom. The van der Waals surface area contributed by atoms with E-state index in [0.29, 0.717) is 11.1 Å². The summed E-state index contributed by atoms with van der Waals surface area (Å²) in [5.74, 6) is 0. The van der Waals surface area contributed by atoms with Crippen molar-refractivity contribution in [1.29, 1.82) is 0 Å². The Hall–Kier alpha value is -0.540. The van der Waals surface area contributed by atoms with Crippen molar-refractivity contribution >= 4 is 26.0 Å². The average molecular weight is 378 g/mol. The lowest BCUT2D eigenvalue weighted by molar-refractivity contribution is 0.104. The van der Waals surface area contributed by atoms with Gasteiger partial charge in [0.25, 0.3) is 10.0 Å². The van der Waals surface area contributed by atoms with E-state index in [1.807, 2.05) is 0 Å². The Kier molecular flexibility index (Phi) is 6.12. The van der Waals surface area contributed by atoms with Gasteiger partial charge < -0.3 is 10.0 Å². The quantitative estimate of drug-likeness (QED) is 0.721. The number of rotatable bonds is 6. The van der Waals surface area contributed by atoms with Gasteiger partial charge in [0, 0.05) is 13.1 Å². The Balaban J connectivity index is 1.86. The molecule has 0 amide bonds. The Morgan fingerprint density at radius 3 is 2.71 bits per heavy atom. The van der Waals surface area contributed by atoms with Gasteiger partial charge in [-0.1, -0.05) is 12.5 Å². The molecule has 0 saturated carbocycles. The standard InChI is InChI=1S/C13H20BrN3O3S/c14-12-5-4-6-13(16-12)21(19,20)15-9-11(18)10-17-7-2-1-3-8-17/h4-6,11,15,18H,1-3,7-10H2/t11-/m0/s1. The number of nitrogens with zero attached hydrogens (tertiary/aromatic N) is 2. The lowest BCUT2D eigenvalue weighted by atomic mass is 10.1. The second kappa shape index (κ2) is 7.64. The van der Waals surface area contributed by atoms with Crippen LogP contribution in [0.25, 0.3) is 0 Å². The number of nitrogens with one attached hydrogen (secondary N) is 1. The number of pyridine rings is 1. The molecule has 0 aromatic carbocycles. The molecule has 1 fully saturated rings. The highest BCUT2D eigenvalue weighted by molar-refractivity contribution is 9.10. The van der Waals surface area contributed by atoms with E-state index in [9.17, 15) is 13.5 Å². The second-order valence-electron chi connectivity index (χ2n) is 5.17. The van der Waals surface area contributed by atoms with Gasteiger partial charge in [-0.25, -0.2) is 18.1 Å². The topological polar surface area (TPSA) is 82.5 Å². The first-order chi connectivity index (χ1) is 9.97. The molecule has 1 aromatic heterocycles. The van der Waals surface area contributed by atoms with E-state index in [1.54, 1.807) is 12.1 Å². The van der Waals surface area contributed by atoms with E-state index < -0.39 is 16.1 Å². The molecule has 0 bridgehead atoms. The van der Waals surface area contributed by atoms with Crippen LogP contribution in [0.4, 0.5) is 0 Å². The summed E-state index contributed by atoms with van der Waals surface area (Å²) in [6.45, 7) is 2.43. The zero-order chi connectivity index (χ0) is 15.3. The first-order valence-electron chi connectivity index (χ1n) is 7.00. The second-order valence-corrected chi connectivity index (χ2v) is 7.69. The third kappa shape index (κ3) is 5.30. The Morgan fingerprint density at radius 2 is 2.05 bits per heavy atom. The van der Waals surface area contributed by atoms with Crippen molar-refractivity contribution in [2.45, 2.75) is 30.4 Å². The van der Waals surface area contributed by atoms with Crippen LogP contribution in [0, 0.1) is 0 Å². The molecule has 0 spiro atoms. The van der Waals surface area contributed by atoms with Crippen LogP contribution in [0.1, 0.15) is 19.3 Å². The maximum absolute atomic E-state index is 12.1. The molecule has 2 N–H and O–H groups in total. The van der Waals surface area contributed by atoms with Gasteiger partial charge in [-0.05, 0) is 54.0 Å². The first-order valence-corrected chi connectivity index (χ1v) is 9.27. The third-order valence-corrected chi connectivity index (χ3v) is 5.16. The molecule has 1 aromatic rings.